The predicted molar refractivity (Wildman–Crippen MR) is 81.3 cm³/mol. The highest BCUT2D eigenvalue weighted by molar-refractivity contribution is 5.83. The molecule has 1 aromatic carbocycles. The Kier molecular flexibility index (Phi) is 3.55. The normalized spacial score (nSPS) is 10.7. The molecule has 0 unspecified atom stereocenters. The van der Waals surface area contributed by atoms with Crippen LogP contribution in [0.25, 0.3) is 11.2 Å². The molecule has 0 aliphatic heterocycles. The molecule has 0 saturated carbocycles. The molecule has 2 heterocycles. The van der Waals surface area contributed by atoms with Gasteiger partial charge in [-0.2, -0.15) is 9.97 Å². The number of nitrogens with zero attached hydrogens (tertiary/aromatic N) is 3. The minimum atomic E-state index is 0.207. The zero-order valence-corrected chi connectivity index (χ0v) is 11.6. The average molecular weight is 284 g/mol. The topological polar surface area (TPSA) is 102 Å². The van der Waals surface area contributed by atoms with Gasteiger partial charge in [0.1, 0.15) is 11.3 Å². The first kappa shape index (κ1) is 13.2. The lowest BCUT2D eigenvalue weighted by atomic mass is 10.1. The number of rotatable bonds is 5. The van der Waals surface area contributed by atoms with E-state index in [9.17, 15) is 0 Å². The van der Waals surface area contributed by atoms with E-state index in [4.69, 9.17) is 10.5 Å². The zero-order valence-electron chi connectivity index (χ0n) is 11.6. The maximum absolute atomic E-state index is 5.67. The van der Waals surface area contributed by atoms with E-state index in [2.05, 4.69) is 31.3 Å². The van der Waals surface area contributed by atoms with Crippen molar-refractivity contribution in [2.75, 3.05) is 24.7 Å². The van der Waals surface area contributed by atoms with Crippen molar-refractivity contribution in [1.82, 2.24) is 19.9 Å². The SMILES string of the molecule is COc1cccc(CCNc2nc(N)nc3nc[nH]c23)c1. The molecule has 0 bridgehead atoms. The van der Waals surface area contributed by atoms with E-state index in [0.29, 0.717) is 11.5 Å². The van der Waals surface area contributed by atoms with Gasteiger partial charge in [-0.3, -0.25) is 0 Å². The second kappa shape index (κ2) is 5.66. The molecular weight excluding hydrogens is 268 g/mol. The number of hydrogen-bond acceptors (Lipinski definition) is 6. The number of nitrogens with one attached hydrogen (secondary N) is 2. The summed E-state index contributed by atoms with van der Waals surface area (Å²) in [7, 11) is 1.66. The van der Waals surface area contributed by atoms with Crippen molar-refractivity contribution in [2.45, 2.75) is 6.42 Å². The van der Waals surface area contributed by atoms with Crippen LogP contribution in [0.3, 0.4) is 0 Å². The molecule has 21 heavy (non-hydrogen) atoms. The lowest BCUT2D eigenvalue weighted by Crippen LogP contribution is -2.09. The molecule has 4 N–H and O–H groups in total. The standard InChI is InChI=1S/C14H16N6O/c1-21-10-4-2-3-9(7-10)5-6-16-12-11-13(18-8-17-11)20-14(15)19-12/h2-4,7-8H,5-6H2,1H3,(H4,15,16,17,18,19,20). The van der Waals surface area contributed by atoms with Crippen LogP contribution in [0.4, 0.5) is 11.8 Å². The van der Waals surface area contributed by atoms with Crippen LogP contribution in [0.2, 0.25) is 0 Å². The number of benzene rings is 1. The third kappa shape index (κ3) is 2.86. The number of hydrogen-bond donors (Lipinski definition) is 3. The third-order valence-electron chi connectivity index (χ3n) is 3.14. The maximum Gasteiger partial charge on any atom is 0.224 e. The summed E-state index contributed by atoms with van der Waals surface area (Å²) in [4.78, 5) is 15.3. The van der Waals surface area contributed by atoms with Crippen LogP contribution in [0.5, 0.6) is 5.75 Å². The second-order valence-electron chi connectivity index (χ2n) is 4.56. The van der Waals surface area contributed by atoms with Gasteiger partial charge >= 0.3 is 0 Å². The summed E-state index contributed by atoms with van der Waals surface area (Å²) in [6.45, 7) is 0.720. The fourth-order valence-corrected chi connectivity index (χ4v) is 2.13. The number of nitrogens with two attached hydrogens (primary N) is 1. The maximum atomic E-state index is 5.67. The summed E-state index contributed by atoms with van der Waals surface area (Å²) < 4.78 is 5.21. The highest BCUT2D eigenvalue weighted by Gasteiger charge is 2.07. The van der Waals surface area contributed by atoms with E-state index >= 15 is 0 Å². The van der Waals surface area contributed by atoms with Crippen molar-refractivity contribution in [1.29, 1.82) is 0 Å². The van der Waals surface area contributed by atoms with Crippen LogP contribution in [-0.2, 0) is 6.42 Å². The van der Waals surface area contributed by atoms with Crippen molar-refractivity contribution >= 4 is 22.9 Å². The molecule has 0 radical (unpaired) electrons. The lowest BCUT2D eigenvalue weighted by Gasteiger charge is -2.08. The van der Waals surface area contributed by atoms with Crippen LogP contribution >= 0.6 is 0 Å². The van der Waals surface area contributed by atoms with Crippen molar-refractivity contribution in [3.8, 4) is 5.75 Å². The zero-order chi connectivity index (χ0) is 14.7. The number of ether oxygens (including phenoxy) is 1. The predicted octanol–water partition coefficient (Wildman–Crippen LogP) is 1.60. The molecule has 7 heteroatoms. The Hall–Kier alpha value is -2.83. The van der Waals surface area contributed by atoms with Crippen LogP contribution in [-0.4, -0.2) is 33.6 Å². The van der Waals surface area contributed by atoms with Crippen molar-refractivity contribution < 1.29 is 4.74 Å². The van der Waals surface area contributed by atoms with Crippen LogP contribution in [0, 0.1) is 0 Å². The first-order valence-electron chi connectivity index (χ1n) is 6.59. The number of imidazole rings is 1. The van der Waals surface area contributed by atoms with Gasteiger partial charge < -0.3 is 20.8 Å². The molecule has 7 nitrogen and oxygen atoms in total. The monoisotopic (exact) mass is 284 g/mol. The number of aromatic amines is 1. The quantitative estimate of drug-likeness (QED) is 0.657. The van der Waals surface area contributed by atoms with Crippen molar-refractivity contribution in [2.24, 2.45) is 0 Å². The largest absolute Gasteiger partial charge is 0.497 e. The van der Waals surface area contributed by atoms with Gasteiger partial charge in [0, 0.05) is 6.54 Å². The number of aromatic nitrogens is 4. The third-order valence-corrected chi connectivity index (χ3v) is 3.14. The molecule has 3 aromatic rings. The number of nitrogen functional groups attached to an aromatic ring is 1. The first-order valence-corrected chi connectivity index (χ1v) is 6.59. The average Bonchev–Trinajstić information content (AvgIpc) is 2.95. The van der Waals surface area contributed by atoms with Gasteiger partial charge in [-0.1, -0.05) is 12.1 Å². The number of fused-ring (bicyclic) bond motifs is 1. The molecular formula is C14H16N6O. The van der Waals surface area contributed by atoms with E-state index in [1.165, 1.54) is 5.56 Å². The van der Waals surface area contributed by atoms with Gasteiger partial charge in [0.2, 0.25) is 5.95 Å². The van der Waals surface area contributed by atoms with Gasteiger partial charge in [0.25, 0.3) is 0 Å². The van der Waals surface area contributed by atoms with Crippen molar-refractivity contribution in [3.63, 3.8) is 0 Å². The summed E-state index contributed by atoms with van der Waals surface area (Å²) in [5.41, 5.74) is 8.18. The highest BCUT2D eigenvalue weighted by Crippen LogP contribution is 2.18. The van der Waals surface area contributed by atoms with E-state index in [0.717, 1.165) is 24.2 Å². The first-order chi connectivity index (χ1) is 10.3. The fourth-order valence-electron chi connectivity index (χ4n) is 2.13. The molecule has 0 amide bonds. The molecule has 0 spiro atoms. The van der Waals surface area contributed by atoms with E-state index < -0.39 is 0 Å². The molecule has 3 rings (SSSR count). The summed E-state index contributed by atoms with van der Waals surface area (Å²) >= 11 is 0. The van der Waals surface area contributed by atoms with Crippen LogP contribution in [0.15, 0.2) is 30.6 Å². The van der Waals surface area contributed by atoms with E-state index in [1.807, 2.05) is 18.2 Å². The van der Waals surface area contributed by atoms with E-state index in [-0.39, 0.29) is 5.95 Å². The molecule has 108 valence electrons. The van der Waals surface area contributed by atoms with Gasteiger partial charge in [-0.25, -0.2) is 4.98 Å². The molecule has 0 atom stereocenters. The van der Waals surface area contributed by atoms with Gasteiger partial charge in [0.05, 0.1) is 13.4 Å². The molecule has 0 fully saturated rings. The summed E-state index contributed by atoms with van der Waals surface area (Å²) in [5, 5.41) is 3.26. The molecule has 2 aromatic heterocycles. The minimum absolute atomic E-state index is 0.207. The lowest BCUT2D eigenvalue weighted by molar-refractivity contribution is 0.414. The smallest absolute Gasteiger partial charge is 0.224 e. The Labute approximate surface area is 121 Å². The Morgan fingerprint density at radius 3 is 3.10 bits per heavy atom. The van der Waals surface area contributed by atoms with Gasteiger partial charge in [0.15, 0.2) is 11.5 Å². The fraction of sp³-hybridized carbons (Fsp3) is 0.214. The molecule has 0 aliphatic rings. The Morgan fingerprint density at radius 1 is 1.33 bits per heavy atom. The van der Waals surface area contributed by atoms with Crippen LogP contribution < -0.4 is 15.8 Å². The Bertz CT molecular complexity index is 754. The molecule has 0 aliphatic carbocycles. The summed E-state index contributed by atoms with van der Waals surface area (Å²) in [5.74, 6) is 1.73. The number of H-pyrrole nitrogens is 1. The van der Waals surface area contributed by atoms with Crippen LogP contribution in [0.1, 0.15) is 5.56 Å². The van der Waals surface area contributed by atoms with Crippen molar-refractivity contribution in [3.05, 3.63) is 36.2 Å². The number of anilines is 2. The van der Waals surface area contributed by atoms with Gasteiger partial charge in [-0.05, 0) is 24.1 Å². The minimum Gasteiger partial charge on any atom is -0.497 e. The number of methoxy groups -OCH3 is 1. The Morgan fingerprint density at radius 2 is 2.24 bits per heavy atom. The van der Waals surface area contributed by atoms with Gasteiger partial charge in [-0.15, -0.1) is 0 Å². The Balaban J connectivity index is 1.70. The second-order valence-corrected chi connectivity index (χ2v) is 4.56. The summed E-state index contributed by atoms with van der Waals surface area (Å²) in [6.07, 6.45) is 2.42. The molecule has 0 saturated heterocycles. The van der Waals surface area contributed by atoms with E-state index in [1.54, 1.807) is 13.4 Å². The highest BCUT2D eigenvalue weighted by atomic mass is 16.5. The summed E-state index contributed by atoms with van der Waals surface area (Å²) in [6, 6.07) is 7.98.